The Hall–Kier alpha value is -2.00. The van der Waals surface area contributed by atoms with Crippen molar-refractivity contribution in [3.05, 3.63) is 17.9 Å². The van der Waals surface area contributed by atoms with Crippen LogP contribution in [0.2, 0.25) is 5.28 Å². The zero-order valence-electron chi connectivity index (χ0n) is 11.1. The van der Waals surface area contributed by atoms with E-state index in [1.165, 1.54) is 18.1 Å². The summed E-state index contributed by atoms with van der Waals surface area (Å²) in [7, 11) is 0. The van der Waals surface area contributed by atoms with Gasteiger partial charge in [-0.1, -0.05) is 0 Å². The van der Waals surface area contributed by atoms with Gasteiger partial charge in [0.2, 0.25) is 10.4 Å². The van der Waals surface area contributed by atoms with E-state index < -0.39 is 0 Å². The molecule has 3 aromatic rings. The molecule has 0 aliphatic carbocycles. The number of aromatic nitrogens is 7. The molecule has 3 aromatic heterocycles. The van der Waals surface area contributed by atoms with Crippen LogP contribution < -0.4 is 4.74 Å². The zero-order valence-corrected chi connectivity index (χ0v) is 12.7. The third-order valence-electron chi connectivity index (χ3n) is 2.28. The number of rotatable bonds is 4. The number of fused-ring (bicyclic) bond motifs is 1. The maximum absolute atomic E-state index is 5.89. The van der Waals surface area contributed by atoms with Crippen molar-refractivity contribution in [3.63, 3.8) is 0 Å². The molecule has 0 saturated heterocycles. The fourth-order valence-electron chi connectivity index (χ4n) is 1.53. The Balaban J connectivity index is 1.94. The van der Waals surface area contributed by atoms with Crippen LogP contribution >= 0.6 is 23.4 Å². The average Bonchev–Trinajstić information content (AvgIpc) is 2.86. The van der Waals surface area contributed by atoms with Gasteiger partial charge in [0.25, 0.3) is 0 Å². The van der Waals surface area contributed by atoms with Crippen molar-refractivity contribution in [1.29, 1.82) is 0 Å². The van der Waals surface area contributed by atoms with Crippen molar-refractivity contribution in [3.8, 4) is 6.01 Å². The first-order valence-corrected chi connectivity index (χ1v) is 7.21. The Bertz CT molecular complexity index is 778. The van der Waals surface area contributed by atoms with E-state index in [9.17, 15) is 0 Å². The zero-order chi connectivity index (χ0) is 14.8. The van der Waals surface area contributed by atoms with Crippen molar-refractivity contribution in [2.24, 2.45) is 0 Å². The Morgan fingerprint density at radius 3 is 2.86 bits per heavy atom. The molecule has 0 spiro atoms. The highest BCUT2D eigenvalue weighted by Gasteiger charge is 2.13. The van der Waals surface area contributed by atoms with Gasteiger partial charge in [0.1, 0.15) is 16.9 Å². The third kappa shape index (κ3) is 3.19. The Kier molecular flexibility index (Phi) is 3.84. The second-order valence-electron chi connectivity index (χ2n) is 4.22. The molecule has 0 aliphatic rings. The first kappa shape index (κ1) is 14.0. The van der Waals surface area contributed by atoms with Gasteiger partial charge in [0.15, 0.2) is 5.65 Å². The summed E-state index contributed by atoms with van der Waals surface area (Å²) in [5, 5.41) is 1.11. The molecule has 0 unspecified atom stereocenters. The molecule has 108 valence electrons. The van der Waals surface area contributed by atoms with Gasteiger partial charge in [0.05, 0.1) is 12.4 Å². The molecule has 0 aliphatic heterocycles. The van der Waals surface area contributed by atoms with E-state index in [0.717, 1.165) is 0 Å². The molecule has 3 rings (SSSR count). The number of ether oxygens (including phenoxy) is 1. The summed E-state index contributed by atoms with van der Waals surface area (Å²) in [5.74, 6) is 0. The fraction of sp³-hybridized carbons (Fsp3) is 0.273. The summed E-state index contributed by atoms with van der Waals surface area (Å²) in [6.07, 6.45) is 2.93. The number of imidazole rings is 1. The number of nitrogens with one attached hydrogen (secondary N) is 1. The highest BCUT2D eigenvalue weighted by molar-refractivity contribution is 7.99. The molecule has 0 bridgehead atoms. The summed E-state index contributed by atoms with van der Waals surface area (Å²) in [5.41, 5.74) is 1.29. The number of aromatic amines is 1. The number of H-pyrrole nitrogens is 1. The smallest absolute Gasteiger partial charge is 0.322 e. The standard InChI is InChI=1S/C11H10ClN7OS/c1-5(2)20-10-17-9(12)18-11(19-10)21-8-6-7(14-3-13-6)15-4-16-8/h3-5H,1-2H3,(H,13,14,15,16). The van der Waals surface area contributed by atoms with Crippen LogP contribution in [0, 0.1) is 0 Å². The molecular formula is C11H10ClN7OS. The van der Waals surface area contributed by atoms with Crippen LogP contribution in [-0.4, -0.2) is 41.0 Å². The van der Waals surface area contributed by atoms with E-state index in [0.29, 0.717) is 21.3 Å². The maximum atomic E-state index is 5.89. The van der Waals surface area contributed by atoms with Crippen LogP contribution in [0.25, 0.3) is 11.2 Å². The summed E-state index contributed by atoms with van der Waals surface area (Å²) in [4.78, 5) is 27.5. The molecule has 0 radical (unpaired) electrons. The van der Waals surface area contributed by atoms with Crippen molar-refractivity contribution >= 4 is 34.5 Å². The second-order valence-corrected chi connectivity index (χ2v) is 5.51. The normalized spacial score (nSPS) is 11.2. The van der Waals surface area contributed by atoms with Crippen LogP contribution in [0.4, 0.5) is 0 Å². The lowest BCUT2D eigenvalue weighted by Gasteiger charge is -2.08. The predicted octanol–water partition coefficient (Wildman–Crippen LogP) is 2.13. The summed E-state index contributed by atoms with van der Waals surface area (Å²) in [6, 6.07) is 0.183. The van der Waals surface area contributed by atoms with E-state index in [1.807, 2.05) is 13.8 Å². The fourth-order valence-corrected chi connectivity index (χ4v) is 2.51. The lowest BCUT2D eigenvalue weighted by Crippen LogP contribution is -2.09. The largest absolute Gasteiger partial charge is 0.461 e. The van der Waals surface area contributed by atoms with Crippen molar-refractivity contribution < 1.29 is 4.74 Å². The van der Waals surface area contributed by atoms with E-state index >= 15 is 0 Å². The minimum absolute atomic E-state index is 0.0559. The van der Waals surface area contributed by atoms with Crippen molar-refractivity contribution in [2.45, 2.75) is 30.1 Å². The minimum atomic E-state index is -0.0559. The Labute approximate surface area is 128 Å². The average molecular weight is 324 g/mol. The van der Waals surface area contributed by atoms with Gasteiger partial charge in [-0.3, -0.25) is 0 Å². The lowest BCUT2D eigenvalue weighted by molar-refractivity contribution is 0.219. The predicted molar refractivity (Wildman–Crippen MR) is 76.4 cm³/mol. The number of halogens is 1. The quantitative estimate of drug-likeness (QED) is 0.728. The van der Waals surface area contributed by atoms with E-state index in [4.69, 9.17) is 16.3 Å². The SMILES string of the molecule is CC(C)Oc1nc(Cl)nc(Sc2ncnc3nc[nH]c23)n1. The van der Waals surface area contributed by atoms with Gasteiger partial charge in [0, 0.05) is 0 Å². The van der Waals surface area contributed by atoms with E-state index in [1.54, 1.807) is 6.33 Å². The maximum Gasteiger partial charge on any atom is 0.322 e. The molecule has 10 heteroatoms. The lowest BCUT2D eigenvalue weighted by atomic mass is 10.5. The third-order valence-corrected chi connectivity index (χ3v) is 3.32. The molecule has 0 saturated carbocycles. The first-order chi connectivity index (χ1) is 10.1. The van der Waals surface area contributed by atoms with Gasteiger partial charge >= 0.3 is 6.01 Å². The number of nitrogens with zero attached hydrogens (tertiary/aromatic N) is 6. The van der Waals surface area contributed by atoms with Crippen LogP contribution in [0.1, 0.15) is 13.8 Å². The van der Waals surface area contributed by atoms with E-state index in [-0.39, 0.29) is 17.4 Å². The highest BCUT2D eigenvalue weighted by Crippen LogP contribution is 2.28. The Morgan fingerprint density at radius 1 is 1.19 bits per heavy atom. The molecule has 0 amide bonds. The first-order valence-electron chi connectivity index (χ1n) is 6.02. The molecule has 0 atom stereocenters. The number of hydrogen-bond acceptors (Lipinski definition) is 8. The monoisotopic (exact) mass is 323 g/mol. The summed E-state index contributed by atoms with van der Waals surface area (Å²) in [6.45, 7) is 3.76. The van der Waals surface area contributed by atoms with Crippen LogP contribution in [0.15, 0.2) is 22.8 Å². The summed E-state index contributed by atoms with van der Waals surface area (Å²) >= 11 is 7.12. The molecule has 8 nitrogen and oxygen atoms in total. The van der Waals surface area contributed by atoms with E-state index in [2.05, 4.69) is 34.9 Å². The molecule has 21 heavy (non-hydrogen) atoms. The topological polar surface area (TPSA) is 102 Å². The molecule has 1 N–H and O–H groups in total. The van der Waals surface area contributed by atoms with Crippen molar-refractivity contribution in [1.82, 2.24) is 34.9 Å². The minimum Gasteiger partial charge on any atom is -0.461 e. The Morgan fingerprint density at radius 2 is 2.05 bits per heavy atom. The van der Waals surface area contributed by atoms with Crippen LogP contribution in [-0.2, 0) is 0 Å². The van der Waals surface area contributed by atoms with Crippen LogP contribution in [0.5, 0.6) is 6.01 Å². The molecule has 0 fully saturated rings. The van der Waals surface area contributed by atoms with Gasteiger partial charge in [-0.05, 0) is 37.2 Å². The second kappa shape index (κ2) is 5.78. The van der Waals surface area contributed by atoms with Gasteiger partial charge in [-0.15, -0.1) is 0 Å². The van der Waals surface area contributed by atoms with Gasteiger partial charge in [-0.2, -0.15) is 15.0 Å². The van der Waals surface area contributed by atoms with Gasteiger partial charge < -0.3 is 9.72 Å². The van der Waals surface area contributed by atoms with Crippen molar-refractivity contribution in [2.75, 3.05) is 0 Å². The van der Waals surface area contributed by atoms with Gasteiger partial charge in [-0.25, -0.2) is 15.0 Å². The molecule has 3 heterocycles. The molecule has 0 aromatic carbocycles. The molecular weight excluding hydrogens is 314 g/mol. The highest BCUT2D eigenvalue weighted by atomic mass is 35.5. The number of hydrogen-bond donors (Lipinski definition) is 1. The summed E-state index contributed by atoms with van der Waals surface area (Å²) < 4.78 is 5.43. The van der Waals surface area contributed by atoms with Crippen LogP contribution in [0.3, 0.4) is 0 Å².